The van der Waals surface area contributed by atoms with Gasteiger partial charge in [-0.15, -0.1) is 0 Å². The minimum atomic E-state index is -4.68. The Kier molecular flexibility index (Phi) is 6.37. The van der Waals surface area contributed by atoms with Gasteiger partial charge in [0.15, 0.2) is 9.84 Å². The van der Waals surface area contributed by atoms with E-state index in [1.165, 1.54) is 30.3 Å². The maximum Gasteiger partial charge on any atom is 0.406 e. The highest BCUT2D eigenvalue weighted by atomic mass is 35.5. The fraction of sp³-hybridized carbons (Fsp3) is 0.222. The van der Waals surface area contributed by atoms with E-state index < -0.39 is 35.0 Å². The third-order valence-corrected chi connectivity index (χ3v) is 5.15. The van der Waals surface area contributed by atoms with Gasteiger partial charge in [-0.2, -0.15) is 18.4 Å². The van der Waals surface area contributed by atoms with Gasteiger partial charge in [0.25, 0.3) is 5.91 Å². The summed E-state index contributed by atoms with van der Waals surface area (Å²) in [5.41, 5.74) is 0.343. The number of sulfone groups is 1. The summed E-state index contributed by atoms with van der Waals surface area (Å²) in [7, 11) is -3.69. The van der Waals surface area contributed by atoms with Gasteiger partial charge >= 0.3 is 6.18 Å². The molecule has 0 radical (unpaired) electrons. The van der Waals surface area contributed by atoms with Crippen molar-refractivity contribution in [3.63, 3.8) is 0 Å². The topological polar surface area (TPSA) is 78.2 Å². The third kappa shape index (κ3) is 5.71. The van der Waals surface area contributed by atoms with Crippen LogP contribution in [0.5, 0.6) is 0 Å². The molecular formula is C18H14ClF3N2O3S. The Morgan fingerprint density at radius 2 is 1.79 bits per heavy atom. The molecule has 2 aromatic carbocycles. The number of halogens is 4. The van der Waals surface area contributed by atoms with E-state index in [-0.39, 0.29) is 15.5 Å². The molecule has 0 aliphatic heterocycles. The van der Waals surface area contributed by atoms with Crippen molar-refractivity contribution in [3.8, 4) is 6.07 Å². The molecule has 0 spiro atoms. The van der Waals surface area contributed by atoms with Crippen LogP contribution in [0.1, 0.15) is 21.5 Å². The Balaban J connectivity index is 2.42. The Labute approximate surface area is 164 Å². The van der Waals surface area contributed by atoms with Gasteiger partial charge in [0.1, 0.15) is 6.54 Å². The van der Waals surface area contributed by atoms with Crippen molar-refractivity contribution in [2.45, 2.75) is 17.6 Å². The van der Waals surface area contributed by atoms with Crippen LogP contribution in [0.25, 0.3) is 0 Å². The van der Waals surface area contributed by atoms with Crippen molar-refractivity contribution < 1.29 is 26.4 Å². The number of carbonyl (C=O) groups excluding carboxylic acids is 1. The summed E-state index contributed by atoms with van der Waals surface area (Å²) in [6, 6.07) is 10.9. The number of benzene rings is 2. The van der Waals surface area contributed by atoms with E-state index in [1.807, 2.05) is 6.07 Å². The molecule has 0 aliphatic rings. The van der Waals surface area contributed by atoms with Crippen molar-refractivity contribution >= 4 is 27.3 Å². The summed E-state index contributed by atoms with van der Waals surface area (Å²) in [6.45, 7) is -1.95. The number of hydrogen-bond donors (Lipinski definition) is 0. The molecule has 0 saturated carbocycles. The summed E-state index contributed by atoms with van der Waals surface area (Å²) >= 11 is 5.94. The van der Waals surface area contributed by atoms with Crippen LogP contribution in [0.4, 0.5) is 13.2 Å². The lowest BCUT2D eigenvalue weighted by Gasteiger charge is -2.25. The summed E-state index contributed by atoms with van der Waals surface area (Å²) in [4.78, 5) is 13.0. The van der Waals surface area contributed by atoms with Gasteiger partial charge in [-0.3, -0.25) is 4.79 Å². The number of alkyl halides is 3. The van der Waals surface area contributed by atoms with E-state index in [9.17, 15) is 26.4 Å². The molecule has 28 heavy (non-hydrogen) atoms. The van der Waals surface area contributed by atoms with Gasteiger partial charge < -0.3 is 4.90 Å². The fourth-order valence-corrected chi connectivity index (χ4v) is 3.24. The number of hydrogen-bond acceptors (Lipinski definition) is 4. The van der Waals surface area contributed by atoms with Crippen molar-refractivity contribution in [3.05, 3.63) is 64.2 Å². The molecule has 148 valence electrons. The van der Waals surface area contributed by atoms with Gasteiger partial charge in [-0.1, -0.05) is 23.7 Å². The standard InChI is InChI=1S/C18H14ClF3N2O3S/c1-28(26,27)14-6-7-16(19)15(8-14)17(25)24(11-18(20,21)22)10-13-4-2-12(9-23)3-5-13/h2-8H,10-11H2,1H3. The Morgan fingerprint density at radius 3 is 2.29 bits per heavy atom. The molecular weight excluding hydrogens is 417 g/mol. The van der Waals surface area contributed by atoms with Crippen molar-refractivity contribution in [2.24, 2.45) is 0 Å². The second-order valence-electron chi connectivity index (χ2n) is 6.00. The van der Waals surface area contributed by atoms with Crippen LogP contribution >= 0.6 is 11.6 Å². The predicted molar refractivity (Wildman–Crippen MR) is 96.5 cm³/mol. The van der Waals surface area contributed by atoms with Crippen molar-refractivity contribution in [1.82, 2.24) is 4.90 Å². The monoisotopic (exact) mass is 430 g/mol. The molecule has 0 saturated heterocycles. The van der Waals surface area contributed by atoms with Gasteiger partial charge in [-0.25, -0.2) is 8.42 Å². The second-order valence-corrected chi connectivity index (χ2v) is 8.42. The van der Waals surface area contributed by atoms with E-state index in [0.29, 0.717) is 16.0 Å². The molecule has 10 heteroatoms. The van der Waals surface area contributed by atoms with E-state index in [4.69, 9.17) is 16.9 Å². The molecule has 0 aliphatic carbocycles. The SMILES string of the molecule is CS(=O)(=O)c1ccc(Cl)c(C(=O)N(Cc2ccc(C#N)cc2)CC(F)(F)F)c1. The Bertz CT molecular complexity index is 1030. The summed E-state index contributed by atoms with van der Waals surface area (Å²) in [5.74, 6) is -1.06. The molecule has 0 aromatic heterocycles. The molecule has 0 bridgehead atoms. The van der Waals surface area contributed by atoms with Crippen LogP contribution in [-0.2, 0) is 16.4 Å². The molecule has 0 fully saturated rings. The molecule has 0 atom stereocenters. The number of carbonyl (C=O) groups is 1. The number of nitrogens with zero attached hydrogens (tertiary/aromatic N) is 2. The average molecular weight is 431 g/mol. The zero-order valence-electron chi connectivity index (χ0n) is 14.5. The summed E-state index contributed by atoms with van der Waals surface area (Å²) < 4.78 is 62.4. The first kappa shape index (κ1) is 21.7. The van der Waals surface area contributed by atoms with Gasteiger partial charge in [0.2, 0.25) is 0 Å². The molecule has 0 N–H and O–H groups in total. The molecule has 1 amide bonds. The van der Waals surface area contributed by atoms with Crippen LogP contribution in [0.15, 0.2) is 47.4 Å². The maximum atomic E-state index is 13.0. The largest absolute Gasteiger partial charge is 0.406 e. The van der Waals surface area contributed by atoms with Crippen LogP contribution in [0.2, 0.25) is 5.02 Å². The molecule has 5 nitrogen and oxygen atoms in total. The zero-order chi connectivity index (χ0) is 21.1. The van der Waals surface area contributed by atoms with Crippen LogP contribution in [0.3, 0.4) is 0 Å². The van der Waals surface area contributed by atoms with E-state index >= 15 is 0 Å². The average Bonchev–Trinajstić information content (AvgIpc) is 2.59. The molecule has 2 aromatic rings. The van der Waals surface area contributed by atoms with E-state index in [0.717, 1.165) is 18.4 Å². The first-order valence-electron chi connectivity index (χ1n) is 7.75. The lowest BCUT2D eigenvalue weighted by atomic mass is 10.1. The number of rotatable bonds is 5. The molecule has 2 rings (SSSR count). The first-order valence-corrected chi connectivity index (χ1v) is 10.0. The number of nitriles is 1. The molecule has 0 unspecified atom stereocenters. The highest BCUT2D eigenvalue weighted by Crippen LogP contribution is 2.25. The minimum absolute atomic E-state index is 0.163. The van der Waals surface area contributed by atoms with Gasteiger partial charge in [0.05, 0.1) is 27.1 Å². The fourth-order valence-electron chi connectivity index (χ4n) is 2.39. The van der Waals surface area contributed by atoms with Crippen LogP contribution in [0, 0.1) is 11.3 Å². The quantitative estimate of drug-likeness (QED) is 0.722. The van der Waals surface area contributed by atoms with Crippen LogP contribution in [-0.4, -0.2) is 38.2 Å². The smallest absolute Gasteiger partial charge is 0.325 e. The lowest BCUT2D eigenvalue weighted by molar-refractivity contribution is -0.141. The highest BCUT2D eigenvalue weighted by molar-refractivity contribution is 7.90. The second kappa shape index (κ2) is 8.20. The first-order chi connectivity index (χ1) is 12.9. The van der Waals surface area contributed by atoms with E-state index in [2.05, 4.69) is 0 Å². The minimum Gasteiger partial charge on any atom is -0.325 e. The maximum absolute atomic E-state index is 13.0. The summed E-state index contributed by atoms with van der Waals surface area (Å²) in [6.07, 6.45) is -3.77. The number of amides is 1. The van der Waals surface area contributed by atoms with E-state index in [1.54, 1.807) is 0 Å². The summed E-state index contributed by atoms with van der Waals surface area (Å²) in [5, 5.41) is 8.63. The van der Waals surface area contributed by atoms with Crippen LogP contribution < -0.4 is 0 Å². The highest BCUT2D eigenvalue weighted by Gasteiger charge is 2.34. The molecule has 0 heterocycles. The predicted octanol–water partition coefficient (Wildman–Crippen LogP) is 3.82. The van der Waals surface area contributed by atoms with Crippen molar-refractivity contribution in [1.29, 1.82) is 5.26 Å². The van der Waals surface area contributed by atoms with Gasteiger partial charge in [-0.05, 0) is 35.9 Å². The van der Waals surface area contributed by atoms with Crippen molar-refractivity contribution in [2.75, 3.05) is 12.8 Å². The van der Waals surface area contributed by atoms with Gasteiger partial charge in [0, 0.05) is 12.8 Å². The normalized spacial score (nSPS) is 11.7. The Hall–Kier alpha value is -2.57. The third-order valence-electron chi connectivity index (χ3n) is 3.71. The zero-order valence-corrected chi connectivity index (χ0v) is 16.1. The Morgan fingerprint density at radius 1 is 1.18 bits per heavy atom. The lowest BCUT2D eigenvalue weighted by Crippen LogP contribution is -2.38.